The first-order chi connectivity index (χ1) is 11.6. The number of aromatic nitrogens is 1. The molecule has 6 heteroatoms. The minimum absolute atomic E-state index is 0.160. The third-order valence-electron chi connectivity index (χ3n) is 4.51. The van der Waals surface area contributed by atoms with Crippen LogP contribution >= 0.6 is 0 Å². The molecule has 0 bridgehead atoms. The van der Waals surface area contributed by atoms with E-state index in [-0.39, 0.29) is 18.2 Å². The Morgan fingerprint density at radius 1 is 1.33 bits per heavy atom. The zero-order chi connectivity index (χ0) is 16.9. The van der Waals surface area contributed by atoms with Gasteiger partial charge in [-0.05, 0) is 30.4 Å². The maximum atomic E-state index is 12.2. The fourth-order valence-electron chi connectivity index (χ4n) is 3.21. The minimum Gasteiger partial charge on any atom is -0.480 e. The zero-order valence-electron chi connectivity index (χ0n) is 13.5. The van der Waals surface area contributed by atoms with Crippen molar-refractivity contribution in [3.8, 4) is 0 Å². The summed E-state index contributed by atoms with van der Waals surface area (Å²) >= 11 is 0. The first-order valence-corrected chi connectivity index (χ1v) is 8.29. The van der Waals surface area contributed by atoms with Crippen LogP contribution < -0.4 is 5.32 Å². The van der Waals surface area contributed by atoms with Crippen molar-refractivity contribution < 1.29 is 19.4 Å². The molecule has 1 aromatic carbocycles. The molecule has 1 aliphatic heterocycles. The van der Waals surface area contributed by atoms with Gasteiger partial charge in [-0.1, -0.05) is 18.2 Å². The van der Waals surface area contributed by atoms with Crippen molar-refractivity contribution in [2.75, 3.05) is 13.2 Å². The second-order valence-corrected chi connectivity index (χ2v) is 6.18. The van der Waals surface area contributed by atoms with E-state index < -0.39 is 12.0 Å². The number of carboxylic acids is 1. The number of benzene rings is 1. The molecule has 6 nitrogen and oxygen atoms in total. The molecule has 1 amide bonds. The van der Waals surface area contributed by atoms with Gasteiger partial charge in [0.15, 0.2) is 0 Å². The van der Waals surface area contributed by atoms with Gasteiger partial charge >= 0.3 is 5.97 Å². The van der Waals surface area contributed by atoms with E-state index in [0.29, 0.717) is 19.8 Å². The van der Waals surface area contributed by atoms with Crippen LogP contribution in [0.4, 0.5) is 0 Å². The first kappa shape index (κ1) is 16.5. The van der Waals surface area contributed by atoms with Crippen molar-refractivity contribution in [1.82, 2.24) is 9.88 Å². The van der Waals surface area contributed by atoms with Crippen molar-refractivity contribution in [2.24, 2.45) is 5.92 Å². The van der Waals surface area contributed by atoms with Crippen molar-refractivity contribution in [3.05, 3.63) is 36.5 Å². The Morgan fingerprint density at radius 3 is 2.92 bits per heavy atom. The van der Waals surface area contributed by atoms with E-state index in [1.807, 2.05) is 41.1 Å². The first-order valence-electron chi connectivity index (χ1n) is 8.29. The minimum atomic E-state index is -0.995. The standard InChI is InChI=1S/C18H22N2O4/c21-16(19-17(18(22)23)14-5-3-11-24-12-14)8-10-20-9-7-13-4-1-2-6-15(13)20/h1-2,4,6-7,9,14,17H,3,5,8,10-12H2,(H,19,21)(H,22,23). The van der Waals surface area contributed by atoms with E-state index in [1.54, 1.807) is 0 Å². The normalized spacial score (nSPS) is 19.1. The monoisotopic (exact) mass is 330 g/mol. The number of hydrogen-bond donors (Lipinski definition) is 2. The summed E-state index contributed by atoms with van der Waals surface area (Å²) < 4.78 is 7.35. The Hall–Kier alpha value is -2.34. The van der Waals surface area contributed by atoms with Crippen LogP contribution in [0.25, 0.3) is 10.9 Å². The second-order valence-electron chi connectivity index (χ2n) is 6.18. The summed E-state index contributed by atoms with van der Waals surface area (Å²) in [6.45, 7) is 1.57. The third-order valence-corrected chi connectivity index (χ3v) is 4.51. The highest BCUT2D eigenvalue weighted by molar-refractivity contribution is 5.84. The van der Waals surface area contributed by atoms with E-state index in [2.05, 4.69) is 5.32 Å². The molecule has 2 atom stereocenters. The van der Waals surface area contributed by atoms with Crippen LogP contribution in [-0.4, -0.2) is 40.8 Å². The Labute approximate surface area is 140 Å². The molecule has 24 heavy (non-hydrogen) atoms. The number of aliphatic carboxylic acids is 1. The number of nitrogens with one attached hydrogen (secondary N) is 1. The van der Waals surface area contributed by atoms with E-state index in [4.69, 9.17) is 4.74 Å². The van der Waals surface area contributed by atoms with Gasteiger partial charge in [-0.15, -0.1) is 0 Å². The molecular weight excluding hydrogens is 308 g/mol. The summed E-state index contributed by atoms with van der Waals surface area (Å²) in [6, 6.07) is 9.10. The molecule has 0 saturated carbocycles. The predicted octanol–water partition coefficient (Wildman–Crippen LogP) is 2.03. The molecule has 2 heterocycles. The molecule has 0 aliphatic carbocycles. The van der Waals surface area contributed by atoms with Crippen LogP contribution in [0, 0.1) is 5.92 Å². The highest BCUT2D eigenvalue weighted by Crippen LogP contribution is 2.18. The summed E-state index contributed by atoms with van der Waals surface area (Å²) in [5, 5.41) is 13.2. The number of amides is 1. The molecule has 2 N–H and O–H groups in total. The average molecular weight is 330 g/mol. The summed E-state index contributed by atoms with van der Waals surface area (Å²) in [6.07, 6.45) is 3.79. The smallest absolute Gasteiger partial charge is 0.326 e. The lowest BCUT2D eigenvalue weighted by Gasteiger charge is -2.28. The van der Waals surface area contributed by atoms with Crippen LogP contribution in [-0.2, 0) is 20.9 Å². The maximum absolute atomic E-state index is 12.2. The van der Waals surface area contributed by atoms with Gasteiger partial charge in [0.25, 0.3) is 0 Å². The lowest BCUT2D eigenvalue weighted by Crippen LogP contribution is -2.48. The molecule has 1 fully saturated rings. The van der Waals surface area contributed by atoms with Gasteiger partial charge in [0, 0.05) is 37.2 Å². The molecule has 0 spiro atoms. The number of hydrogen-bond acceptors (Lipinski definition) is 3. The second kappa shape index (κ2) is 7.49. The van der Waals surface area contributed by atoms with E-state index in [1.165, 1.54) is 0 Å². The fourth-order valence-corrected chi connectivity index (χ4v) is 3.21. The topological polar surface area (TPSA) is 80.6 Å². The SMILES string of the molecule is O=C(CCn1ccc2ccccc21)NC(C(=O)O)C1CCCOC1. The largest absolute Gasteiger partial charge is 0.480 e. The molecule has 1 aromatic heterocycles. The summed E-state index contributed by atoms with van der Waals surface area (Å²) in [5.41, 5.74) is 1.07. The van der Waals surface area contributed by atoms with Crippen LogP contribution in [0.3, 0.4) is 0 Å². The number of para-hydroxylation sites is 1. The molecule has 1 saturated heterocycles. The third kappa shape index (κ3) is 3.76. The van der Waals surface area contributed by atoms with Gasteiger partial charge in [0.05, 0.1) is 6.61 Å². The van der Waals surface area contributed by atoms with Crippen molar-refractivity contribution in [2.45, 2.75) is 31.8 Å². The molecule has 2 aromatic rings. The van der Waals surface area contributed by atoms with E-state index >= 15 is 0 Å². The van der Waals surface area contributed by atoms with Gasteiger partial charge in [-0.25, -0.2) is 4.79 Å². The fraction of sp³-hybridized carbons (Fsp3) is 0.444. The lowest BCUT2D eigenvalue weighted by molar-refractivity contribution is -0.145. The van der Waals surface area contributed by atoms with Crippen LogP contribution in [0.5, 0.6) is 0 Å². The van der Waals surface area contributed by atoms with E-state index in [9.17, 15) is 14.7 Å². The Kier molecular flexibility index (Phi) is 5.15. The van der Waals surface area contributed by atoms with Crippen LogP contribution in [0.2, 0.25) is 0 Å². The summed E-state index contributed by atoms with van der Waals surface area (Å²) in [7, 11) is 0. The summed E-state index contributed by atoms with van der Waals surface area (Å²) in [5.74, 6) is -1.40. The lowest BCUT2D eigenvalue weighted by atomic mass is 9.93. The summed E-state index contributed by atoms with van der Waals surface area (Å²) in [4.78, 5) is 23.7. The molecular formula is C18H22N2O4. The van der Waals surface area contributed by atoms with Gasteiger partial charge in [0.1, 0.15) is 6.04 Å². The number of fused-ring (bicyclic) bond motifs is 1. The Balaban J connectivity index is 1.58. The number of ether oxygens (including phenoxy) is 1. The Bertz CT molecular complexity index is 719. The number of nitrogens with zero attached hydrogens (tertiary/aromatic N) is 1. The maximum Gasteiger partial charge on any atom is 0.326 e. The highest BCUT2D eigenvalue weighted by Gasteiger charge is 2.31. The number of carbonyl (C=O) groups is 2. The van der Waals surface area contributed by atoms with E-state index in [0.717, 1.165) is 23.7 Å². The number of carboxylic acid groups (broad SMARTS) is 1. The van der Waals surface area contributed by atoms with Crippen molar-refractivity contribution in [1.29, 1.82) is 0 Å². The van der Waals surface area contributed by atoms with Gasteiger partial charge in [0.2, 0.25) is 5.91 Å². The molecule has 0 radical (unpaired) electrons. The quantitative estimate of drug-likeness (QED) is 0.849. The number of carbonyl (C=O) groups excluding carboxylic acids is 1. The Morgan fingerprint density at radius 2 is 2.17 bits per heavy atom. The molecule has 3 rings (SSSR count). The van der Waals surface area contributed by atoms with Crippen LogP contribution in [0.1, 0.15) is 19.3 Å². The van der Waals surface area contributed by atoms with Crippen molar-refractivity contribution >= 4 is 22.8 Å². The van der Waals surface area contributed by atoms with Gasteiger partial charge in [-0.2, -0.15) is 0 Å². The molecule has 1 aliphatic rings. The zero-order valence-corrected chi connectivity index (χ0v) is 13.5. The van der Waals surface area contributed by atoms with Gasteiger partial charge < -0.3 is 19.7 Å². The van der Waals surface area contributed by atoms with Crippen LogP contribution in [0.15, 0.2) is 36.5 Å². The van der Waals surface area contributed by atoms with Crippen molar-refractivity contribution in [3.63, 3.8) is 0 Å². The molecule has 128 valence electrons. The average Bonchev–Trinajstić information content (AvgIpc) is 3.01. The highest BCUT2D eigenvalue weighted by atomic mass is 16.5. The predicted molar refractivity (Wildman–Crippen MR) is 89.7 cm³/mol. The number of aryl methyl sites for hydroxylation is 1. The number of rotatable bonds is 6. The van der Waals surface area contributed by atoms with Gasteiger partial charge in [-0.3, -0.25) is 4.79 Å². The molecule has 2 unspecified atom stereocenters.